The molecule has 0 radical (unpaired) electrons. The van der Waals surface area contributed by atoms with Gasteiger partial charge in [-0.1, -0.05) is 0 Å². The molecule has 0 aliphatic heterocycles. The third-order valence-electron chi connectivity index (χ3n) is 1.26. The van der Waals surface area contributed by atoms with Gasteiger partial charge < -0.3 is 5.32 Å². The number of hydrogen-bond acceptors (Lipinski definition) is 3. The molecule has 1 aromatic rings. The molecule has 0 amide bonds. The van der Waals surface area contributed by atoms with Gasteiger partial charge in [-0.2, -0.15) is 0 Å². The second-order valence-electron chi connectivity index (χ2n) is 2.22. The Labute approximate surface area is 65.3 Å². The minimum Gasteiger partial charge on any atom is -0.319 e. The van der Waals surface area contributed by atoms with Crippen molar-refractivity contribution >= 4 is 11.3 Å². The molecule has 0 atom stereocenters. The smallest absolute Gasteiger partial charge is 0.0940 e. The van der Waals surface area contributed by atoms with Gasteiger partial charge in [0.2, 0.25) is 0 Å². The van der Waals surface area contributed by atoms with Crippen LogP contribution in [0.1, 0.15) is 9.88 Å². The van der Waals surface area contributed by atoms with Crippen LogP contribution >= 0.6 is 11.3 Å². The SMILES string of the molecule is CNCCc1ncc(C)s1. The fraction of sp³-hybridized carbons (Fsp3) is 0.571. The Bertz CT molecular complexity index is 195. The first-order chi connectivity index (χ1) is 4.83. The third-order valence-corrected chi connectivity index (χ3v) is 2.23. The minimum absolute atomic E-state index is 1.02. The minimum atomic E-state index is 1.02. The zero-order valence-electron chi connectivity index (χ0n) is 6.35. The molecule has 3 heteroatoms. The van der Waals surface area contributed by atoms with Crippen LogP contribution in [-0.2, 0) is 6.42 Å². The van der Waals surface area contributed by atoms with E-state index in [2.05, 4.69) is 17.2 Å². The van der Waals surface area contributed by atoms with Gasteiger partial charge in [0.25, 0.3) is 0 Å². The summed E-state index contributed by atoms with van der Waals surface area (Å²) in [6.07, 6.45) is 2.98. The highest BCUT2D eigenvalue weighted by Crippen LogP contribution is 2.10. The van der Waals surface area contributed by atoms with Crippen molar-refractivity contribution in [3.63, 3.8) is 0 Å². The third kappa shape index (κ3) is 2.08. The van der Waals surface area contributed by atoms with E-state index in [0.717, 1.165) is 13.0 Å². The highest BCUT2D eigenvalue weighted by molar-refractivity contribution is 7.11. The lowest BCUT2D eigenvalue weighted by Crippen LogP contribution is -2.09. The molecule has 0 aliphatic rings. The summed E-state index contributed by atoms with van der Waals surface area (Å²) < 4.78 is 0. The van der Waals surface area contributed by atoms with E-state index in [4.69, 9.17) is 0 Å². The van der Waals surface area contributed by atoms with Crippen molar-refractivity contribution in [3.8, 4) is 0 Å². The maximum Gasteiger partial charge on any atom is 0.0940 e. The number of likely N-dealkylation sites (N-methyl/N-ethyl adjacent to an activating group) is 1. The van der Waals surface area contributed by atoms with Crippen molar-refractivity contribution in [1.29, 1.82) is 0 Å². The first-order valence-electron chi connectivity index (χ1n) is 3.39. The van der Waals surface area contributed by atoms with Gasteiger partial charge in [-0.25, -0.2) is 4.98 Å². The summed E-state index contributed by atoms with van der Waals surface area (Å²) in [5.74, 6) is 0. The van der Waals surface area contributed by atoms with Crippen LogP contribution in [0, 0.1) is 6.92 Å². The Morgan fingerprint density at radius 3 is 3.00 bits per heavy atom. The maximum absolute atomic E-state index is 4.23. The van der Waals surface area contributed by atoms with Crippen molar-refractivity contribution < 1.29 is 0 Å². The molecule has 0 fully saturated rings. The van der Waals surface area contributed by atoms with Crippen molar-refractivity contribution in [2.75, 3.05) is 13.6 Å². The monoisotopic (exact) mass is 156 g/mol. The van der Waals surface area contributed by atoms with Crippen molar-refractivity contribution in [1.82, 2.24) is 10.3 Å². The quantitative estimate of drug-likeness (QED) is 0.711. The van der Waals surface area contributed by atoms with E-state index in [1.54, 1.807) is 11.3 Å². The zero-order valence-corrected chi connectivity index (χ0v) is 7.16. The molecular formula is C7H12N2S. The lowest BCUT2D eigenvalue weighted by molar-refractivity contribution is 0.787. The molecule has 0 bridgehead atoms. The average Bonchev–Trinajstić information content (AvgIpc) is 2.31. The Morgan fingerprint density at radius 1 is 1.70 bits per heavy atom. The average molecular weight is 156 g/mol. The van der Waals surface area contributed by atoms with Crippen LogP contribution in [-0.4, -0.2) is 18.6 Å². The summed E-state index contributed by atoms with van der Waals surface area (Å²) in [6, 6.07) is 0. The molecule has 10 heavy (non-hydrogen) atoms. The zero-order chi connectivity index (χ0) is 7.40. The van der Waals surface area contributed by atoms with Crippen LogP contribution < -0.4 is 5.32 Å². The van der Waals surface area contributed by atoms with Gasteiger partial charge in [-0.15, -0.1) is 11.3 Å². The van der Waals surface area contributed by atoms with Gasteiger partial charge in [-0.3, -0.25) is 0 Å². The first kappa shape index (κ1) is 7.69. The maximum atomic E-state index is 4.23. The van der Waals surface area contributed by atoms with Crippen molar-refractivity contribution in [2.24, 2.45) is 0 Å². The van der Waals surface area contributed by atoms with Crippen LogP contribution in [0.25, 0.3) is 0 Å². The second kappa shape index (κ2) is 3.68. The standard InChI is InChI=1S/C7H12N2S/c1-6-5-9-7(10-6)3-4-8-2/h5,8H,3-4H2,1-2H3. The molecule has 0 saturated carbocycles. The number of rotatable bonds is 3. The van der Waals surface area contributed by atoms with E-state index in [1.165, 1.54) is 9.88 Å². The predicted molar refractivity (Wildman–Crippen MR) is 44.5 cm³/mol. The molecule has 0 spiro atoms. The van der Waals surface area contributed by atoms with Crippen LogP contribution in [0.3, 0.4) is 0 Å². The van der Waals surface area contributed by atoms with Crippen LogP contribution in [0.4, 0.5) is 0 Å². The van der Waals surface area contributed by atoms with Gasteiger partial charge in [0.15, 0.2) is 0 Å². The van der Waals surface area contributed by atoms with Crippen LogP contribution in [0.15, 0.2) is 6.20 Å². The molecule has 0 aromatic carbocycles. The molecule has 56 valence electrons. The second-order valence-corrected chi connectivity index (χ2v) is 3.54. The Morgan fingerprint density at radius 2 is 2.50 bits per heavy atom. The normalized spacial score (nSPS) is 10.2. The van der Waals surface area contributed by atoms with Crippen LogP contribution in [0.5, 0.6) is 0 Å². The van der Waals surface area contributed by atoms with E-state index < -0.39 is 0 Å². The van der Waals surface area contributed by atoms with Gasteiger partial charge >= 0.3 is 0 Å². The highest BCUT2D eigenvalue weighted by atomic mass is 32.1. The number of thiazole rings is 1. The van der Waals surface area contributed by atoms with E-state index in [1.807, 2.05) is 13.2 Å². The van der Waals surface area contributed by atoms with Crippen molar-refractivity contribution in [3.05, 3.63) is 16.1 Å². The lowest BCUT2D eigenvalue weighted by Gasteiger charge is -1.92. The number of nitrogens with zero attached hydrogens (tertiary/aromatic N) is 1. The van der Waals surface area contributed by atoms with E-state index >= 15 is 0 Å². The largest absolute Gasteiger partial charge is 0.319 e. The predicted octanol–water partition coefficient (Wildman–Crippen LogP) is 1.21. The van der Waals surface area contributed by atoms with Gasteiger partial charge in [0, 0.05) is 24.0 Å². The molecule has 0 unspecified atom stereocenters. The van der Waals surface area contributed by atoms with E-state index in [-0.39, 0.29) is 0 Å². The fourth-order valence-corrected chi connectivity index (χ4v) is 1.54. The summed E-state index contributed by atoms with van der Waals surface area (Å²) in [7, 11) is 1.96. The summed E-state index contributed by atoms with van der Waals surface area (Å²) in [4.78, 5) is 5.53. The Balaban J connectivity index is 2.42. The van der Waals surface area contributed by atoms with Crippen molar-refractivity contribution in [2.45, 2.75) is 13.3 Å². The molecule has 0 aliphatic carbocycles. The molecule has 1 N–H and O–H groups in total. The summed E-state index contributed by atoms with van der Waals surface area (Å²) >= 11 is 1.78. The number of hydrogen-bond donors (Lipinski definition) is 1. The summed E-state index contributed by atoms with van der Waals surface area (Å²) in [5.41, 5.74) is 0. The highest BCUT2D eigenvalue weighted by Gasteiger charge is 1.95. The summed E-state index contributed by atoms with van der Waals surface area (Å²) in [6.45, 7) is 3.10. The van der Waals surface area contributed by atoms with E-state index in [9.17, 15) is 0 Å². The Kier molecular flexibility index (Phi) is 2.83. The molecule has 2 nitrogen and oxygen atoms in total. The fourth-order valence-electron chi connectivity index (χ4n) is 0.749. The molecule has 0 saturated heterocycles. The van der Waals surface area contributed by atoms with E-state index in [0.29, 0.717) is 0 Å². The number of aromatic nitrogens is 1. The topological polar surface area (TPSA) is 24.9 Å². The number of aryl methyl sites for hydroxylation is 1. The molecular weight excluding hydrogens is 144 g/mol. The molecule has 1 aromatic heterocycles. The summed E-state index contributed by atoms with van der Waals surface area (Å²) in [5, 5.41) is 4.32. The van der Waals surface area contributed by atoms with Gasteiger partial charge in [0.05, 0.1) is 5.01 Å². The Hall–Kier alpha value is -0.410. The lowest BCUT2D eigenvalue weighted by atomic mass is 10.4. The van der Waals surface area contributed by atoms with Gasteiger partial charge in [0.1, 0.15) is 0 Å². The first-order valence-corrected chi connectivity index (χ1v) is 4.20. The number of nitrogens with one attached hydrogen (secondary N) is 1. The molecule has 1 rings (SSSR count). The van der Waals surface area contributed by atoms with Crippen LogP contribution in [0.2, 0.25) is 0 Å². The molecule has 1 heterocycles. The van der Waals surface area contributed by atoms with Gasteiger partial charge in [-0.05, 0) is 14.0 Å².